The second-order valence-corrected chi connectivity index (χ2v) is 6.73. The monoisotopic (exact) mass is 337 g/mol. The molecule has 0 radical (unpaired) electrons. The predicted molar refractivity (Wildman–Crippen MR) is 97.0 cm³/mol. The van der Waals surface area contributed by atoms with Gasteiger partial charge in [0.1, 0.15) is 5.82 Å². The fourth-order valence-electron chi connectivity index (χ4n) is 2.67. The molecule has 0 saturated carbocycles. The van der Waals surface area contributed by atoms with Gasteiger partial charge in [0, 0.05) is 18.3 Å². The third-order valence-electron chi connectivity index (χ3n) is 3.85. The molecule has 0 bridgehead atoms. The van der Waals surface area contributed by atoms with Gasteiger partial charge in [-0.2, -0.15) is 4.98 Å². The summed E-state index contributed by atoms with van der Waals surface area (Å²) in [4.78, 5) is 15.5. The van der Waals surface area contributed by atoms with Crippen LogP contribution in [0.25, 0.3) is 22.8 Å². The van der Waals surface area contributed by atoms with Gasteiger partial charge in [0.15, 0.2) is 0 Å². The maximum absolute atomic E-state index is 5.48. The lowest BCUT2D eigenvalue weighted by Crippen LogP contribution is -2.10. The van der Waals surface area contributed by atoms with Gasteiger partial charge in [-0.3, -0.25) is 0 Å². The summed E-state index contributed by atoms with van der Waals surface area (Å²) in [5, 5.41) is 4.12. The first-order chi connectivity index (χ1) is 11.9. The fourth-order valence-corrected chi connectivity index (χ4v) is 2.67. The van der Waals surface area contributed by atoms with Crippen LogP contribution in [-0.2, 0) is 6.54 Å². The van der Waals surface area contributed by atoms with Gasteiger partial charge < -0.3 is 9.42 Å². The van der Waals surface area contributed by atoms with Crippen LogP contribution in [0.15, 0.2) is 35.0 Å². The summed E-state index contributed by atoms with van der Waals surface area (Å²) in [5.74, 6) is 2.01. The van der Waals surface area contributed by atoms with E-state index in [4.69, 9.17) is 4.52 Å². The molecule has 0 saturated heterocycles. The van der Waals surface area contributed by atoms with E-state index >= 15 is 0 Å². The Morgan fingerprint density at radius 2 is 1.80 bits per heavy atom. The molecule has 0 fully saturated rings. The molecule has 0 aliphatic heterocycles. The lowest BCUT2D eigenvalue weighted by Gasteiger charge is -2.09. The van der Waals surface area contributed by atoms with Gasteiger partial charge in [-0.15, -0.1) is 0 Å². The summed E-state index contributed by atoms with van der Waals surface area (Å²) >= 11 is 0. The smallest absolute Gasteiger partial charge is 0.261 e. The number of aryl methyl sites for hydroxylation is 1. The zero-order chi connectivity index (χ0) is 18.0. The number of rotatable bonds is 5. The molecule has 2 aromatic heterocycles. The highest BCUT2D eigenvalue weighted by Gasteiger charge is 2.18. The lowest BCUT2D eigenvalue weighted by molar-refractivity contribution is 0.402. The molecule has 0 unspecified atom stereocenters. The third-order valence-corrected chi connectivity index (χ3v) is 3.85. The van der Waals surface area contributed by atoms with Crippen molar-refractivity contribution in [3.63, 3.8) is 0 Å². The van der Waals surface area contributed by atoms with Crippen LogP contribution in [0.3, 0.4) is 0 Å². The van der Waals surface area contributed by atoms with E-state index in [2.05, 4.69) is 65.1 Å². The largest absolute Gasteiger partial charge is 0.333 e. The number of aromatic nitrogens is 4. The summed E-state index contributed by atoms with van der Waals surface area (Å²) < 4.78 is 5.48. The van der Waals surface area contributed by atoms with E-state index in [0.717, 1.165) is 29.2 Å². The van der Waals surface area contributed by atoms with Crippen molar-refractivity contribution in [2.45, 2.75) is 33.2 Å². The Bertz CT molecular complexity index is 853. The quantitative estimate of drug-likeness (QED) is 0.707. The molecule has 1 aromatic carbocycles. The van der Waals surface area contributed by atoms with Crippen molar-refractivity contribution in [2.24, 2.45) is 0 Å². The van der Waals surface area contributed by atoms with Crippen LogP contribution in [0.1, 0.15) is 36.8 Å². The molecule has 3 aromatic rings. The van der Waals surface area contributed by atoms with Gasteiger partial charge in [0.05, 0.1) is 11.3 Å². The first-order valence-electron chi connectivity index (χ1n) is 8.35. The minimum atomic E-state index is 0.248. The molecule has 25 heavy (non-hydrogen) atoms. The van der Waals surface area contributed by atoms with Crippen LogP contribution in [-0.4, -0.2) is 39.1 Å². The maximum Gasteiger partial charge on any atom is 0.261 e. The minimum absolute atomic E-state index is 0.248. The van der Waals surface area contributed by atoms with E-state index in [-0.39, 0.29) is 5.92 Å². The van der Waals surface area contributed by atoms with Crippen LogP contribution in [0.2, 0.25) is 0 Å². The molecule has 0 amide bonds. The highest BCUT2D eigenvalue weighted by molar-refractivity contribution is 5.61. The Labute approximate surface area is 147 Å². The molecule has 6 nitrogen and oxygen atoms in total. The molecule has 130 valence electrons. The number of benzene rings is 1. The van der Waals surface area contributed by atoms with Crippen LogP contribution >= 0.6 is 0 Å². The molecule has 2 heterocycles. The maximum atomic E-state index is 5.48. The Morgan fingerprint density at radius 1 is 1.08 bits per heavy atom. The van der Waals surface area contributed by atoms with Crippen molar-refractivity contribution in [1.82, 2.24) is 25.0 Å². The van der Waals surface area contributed by atoms with E-state index in [9.17, 15) is 0 Å². The fraction of sp³-hybridized carbons (Fsp3) is 0.368. The Balaban J connectivity index is 1.90. The highest BCUT2D eigenvalue weighted by Crippen LogP contribution is 2.28. The van der Waals surface area contributed by atoms with Crippen molar-refractivity contribution in [3.8, 4) is 22.8 Å². The van der Waals surface area contributed by atoms with E-state index < -0.39 is 0 Å². The van der Waals surface area contributed by atoms with Crippen molar-refractivity contribution in [3.05, 3.63) is 47.5 Å². The summed E-state index contributed by atoms with van der Waals surface area (Å²) in [6, 6.07) is 8.20. The Morgan fingerprint density at radius 3 is 2.44 bits per heavy atom. The van der Waals surface area contributed by atoms with Crippen LogP contribution < -0.4 is 0 Å². The SMILES string of the molecule is Cc1ncc(-c2nc(-c3ccc(CN(C)C)cc3)no2)c(C(C)C)n1. The van der Waals surface area contributed by atoms with Crippen LogP contribution in [0, 0.1) is 6.92 Å². The first kappa shape index (κ1) is 17.2. The Kier molecular flexibility index (Phi) is 4.90. The molecule has 3 rings (SSSR count). The summed E-state index contributed by atoms with van der Waals surface area (Å²) in [7, 11) is 4.10. The number of hydrogen-bond donors (Lipinski definition) is 0. The van der Waals surface area contributed by atoms with Gasteiger partial charge in [0.25, 0.3) is 5.89 Å². The topological polar surface area (TPSA) is 67.9 Å². The van der Waals surface area contributed by atoms with Crippen molar-refractivity contribution in [2.75, 3.05) is 14.1 Å². The molecule has 0 spiro atoms. The second kappa shape index (κ2) is 7.11. The third kappa shape index (κ3) is 3.91. The lowest BCUT2D eigenvalue weighted by atomic mass is 10.1. The molecule has 0 aliphatic carbocycles. The van der Waals surface area contributed by atoms with Crippen molar-refractivity contribution < 1.29 is 4.52 Å². The molecule has 0 atom stereocenters. The molecule has 6 heteroatoms. The van der Waals surface area contributed by atoms with E-state index in [1.54, 1.807) is 6.20 Å². The average Bonchev–Trinajstić information content (AvgIpc) is 3.04. The summed E-state index contributed by atoms with van der Waals surface area (Å²) in [6.45, 7) is 6.96. The zero-order valence-corrected chi connectivity index (χ0v) is 15.3. The second-order valence-electron chi connectivity index (χ2n) is 6.73. The molecular weight excluding hydrogens is 314 g/mol. The zero-order valence-electron chi connectivity index (χ0n) is 15.3. The van der Waals surface area contributed by atoms with Crippen molar-refractivity contribution in [1.29, 1.82) is 0 Å². The van der Waals surface area contributed by atoms with Gasteiger partial charge in [-0.1, -0.05) is 43.3 Å². The standard InChI is InChI=1S/C19H23N5O/c1-12(2)17-16(10-20-13(3)21-17)19-22-18(23-25-19)15-8-6-14(7-9-15)11-24(4)5/h6-10,12H,11H2,1-5H3. The molecular formula is C19H23N5O. The normalized spacial score (nSPS) is 11.5. The summed E-state index contributed by atoms with van der Waals surface area (Å²) in [6.07, 6.45) is 1.76. The van der Waals surface area contributed by atoms with E-state index in [0.29, 0.717) is 11.7 Å². The van der Waals surface area contributed by atoms with Crippen LogP contribution in [0.4, 0.5) is 0 Å². The average molecular weight is 337 g/mol. The molecule has 0 N–H and O–H groups in total. The Hall–Kier alpha value is -2.60. The molecule has 0 aliphatic rings. The van der Waals surface area contributed by atoms with Crippen molar-refractivity contribution >= 4 is 0 Å². The van der Waals surface area contributed by atoms with Gasteiger partial charge in [-0.05, 0) is 32.5 Å². The predicted octanol–water partition coefficient (Wildman–Crippen LogP) is 3.69. The van der Waals surface area contributed by atoms with E-state index in [1.165, 1.54) is 5.56 Å². The van der Waals surface area contributed by atoms with Gasteiger partial charge in [0.2, 0.25) is 5.82 Å². The minimum Gasteiger partial charge on any atom is -0.333 e. The number of nitrogens with zero attached hydrogens (tertiary/aromatic N) is 5. The highest BCUT2D eigenvalue weighted by atomic mass is 16.5. The van der Waals surface area contributed by atoms with E-state index in [1.807, 2.05) is 19.1 Å². The first-order valence-corrected chi connectivity index (χ1v) is 8.35. The summed E-state index contributed by atoms with van der Waals surface area (Å²) in [5.41, 5.74) is 3.88. The van der Waals surface area contributed by atoms with Gasteiger partial charge >= 0.3 is 0 Å². The number of hydrogen-bond acceptors (Lipinski definition) is 6. The van der Waals surface area contributed by atoms with Crippen LogP contribution in [0.5, 0.6) is 0 Å². The van der Waals surface area contributed by atoms with Gasteiger partial charge in [-0.25, -0.2) is 9.97 Å².